The largest absolute Gasteiger partial charge is 0.416 e. The van der Waals surface area contributed by atoms with Crippen LogP contribution < -0.4 is 5.32 Å². The van der Waals surface area contributed by atoms with Gasteiger partial charge in [0.25, 0.3) is 0 Å². The van der Waals surface area contributed by atoms with Crippen LogP contribution in [-0.4, -0.2) is 76.6 Å². The van der Waals surface area contributed by atoms with E-state index in [0.29, 0.717) is 57.7 Å². The molecular weight excluding hydrogens is 581 g/mol. The van der Waals surface area contributed by atoms with Gasteiger partial charge in [-0.1, -0.05) is 61.4 Å². The predicted molar refractivity (Wildman–Crippen MR) is 167 cm³/mol. The number of carbonyl (C=O) groups is 2. The van der Waals surface area contributed by atoms with Gasteiger partial charge in [-0.2, -0.15) is 13.2 Å². The minimum absolute atomic E-state index is 0.0562. The fraction of sp³-hybridized carbons (Fsp3) is 0.543. The molecule has 2 atom stereocenters. The number of hydrogen-bond acceptors (Lipinski definition) is 4. The van der Waals surface area contributed by atoms with Crippen molar-refractivity contribution in [1.29, 1.82) is 0 Å². The summed E-state index contributed by atoms with van der Waals surface area (Å²) in [5, 5.41) is 15.0. The smallest absolute Gasteiger partial charge is 0.383 e. The number of carbonyl (C=O) groups excluding carboxylic acids is 2. The maximum Gasteiger partial charge on any atom is 0.416 e. The maximum absolute atomic E-state index is 13.4. The second-order valence-corrected chi connectivity index (χ2v) is 13.2. The van der Waals surface area contributed by atoms with Gasteiger partial charge in [0.15, 0.2) is 0 Å². The Bertz CT molecular complexity index is 1320. The van der Waals surface area contributed by atoms with Gasteiger partial charge < -0.3 is 25.1 Å². The van der Waals surface area contributed by atoms with E-state index in [1.165, 1.54) is 12.1 Å². The third-order valence-electron chi connectivity index (χ3n) is 10.2. The molecule has 5 rings (SSSR count). The summed E-state index contributed by atoms with van der Waals surface area (Å²) in [5.74, 6) is 0.0737. The van der Waals surface area contributed by atoms with Crippen LogP contribution in [0.3, 0.4) is 0 Å². The highest BCUT2D eigenvalue weighted by Gasteiger charge is 2.50. The molecular formula is C35H45F3N4O3. The molecule has 0 unspecified atom stereocenters. The SMILES string of the molecule is C=CCN(C(=O)NCc1ccc(C(F)(F)F)cc1)C1(C)CCN(C[C@H]2CN(C(=O)C3CCCC3)C[C@]2(O)c2ccccc2)CC1. The molecule has 2 aromatic carbocycles. The van der Waals surface area contributed by atoms with Gasteiger partial charge >= 0.3 is 12.2 Å². The predicted octanol–water partition coefficient (Wildman–Crippen LogP) is 5.79. The first-order valence-corrected chi connectivity index (χ1v) is 16.0. The lowest BCUT2D eigenvalue weighted by atomic mass is 9.82. The molecule has 244 valence electrons. The average Bonchev–Trinajstić information content (AvgIpc) is 3.69. The zero-order valence-corrected chi connectivity index (χ0v) is 26.1. The molecule has 45 heavy (non-hydrogen) atoms. The second-order valence-electron chi connectivity index (χ2n) is 13.2. The number of likely N-dealkylation sites (tertiary alicyclic amines) is 2. The van der Waals surface area contributed by atoms with E-state index in [-0.39, 0.29) is 30.3 Å². The van der Waals surface area contributed by atoms with Crippen molar-refractivity contribution < 1.29 is 27.9 Å². The number of halogens is 3. The number of alkyl halides is 3. The van der Waals surface area contributed by atoms with Crippen molar-refractivity contribution in [3.8, 4) is 0 Å². The van der Waals surface area contributed by atoms with Crippen LogP contribution >= 0.6 is 0 Å². The summed E-state index contributed by atoms with van der Waals surface area (Å²) in [6.45, 7) is 9.24. The van der Waals surface area contributed by atoms with E-state index in [2.05, 4.69) is 23.7 Å². The highest BCUT2D eigenvalue weighted by molar-refractivity contribution is 5.79. The van der Waals surface area contributed by atoms with Crippen LogP contribution in [0, 0.1) is 11.8 Å². The fourth-order valence-electron chi connectivity index (χ4n) is 7.32. The van der Waals surface area contributed by atoms with Crippen molar-refractivity contribution in [2.45, 2.75) is 69.3 Å². The number of urea groups is 1. The summed E-state index contributed by atoms with van der Waals surface area (Å²) < 4.78 is 38.8. The molecule has 1 aliphatic carbocycles. The Kier molecular flexibility index (Phi) is 9.94. The minimum atomic E-state index is -4.41. The summed E-state index contributed by atoms with van der Waals surface area (Å²) in [5.41, 5.74) is -0.898. The van der Waals surface area contributed by atoms with Crippen molar-refractivity contribution in [2.75, 3.05) is 39.3 Å². The topological polar surface area (TPSA) is 76.1 Å². The molecule has 0 bridgehead atoms. The Balaban J connectivity index is 1.22. The van der Waals surface area contributed by atoms with E-state index >= 15 is 0 Å². The molecule has 0 aromatic heterocycles. The zero-order valence-electron chi connectivity index (χ0n) is 26.1. The van der Waals surface area contributed by atoms with Crippen LogP contribution in [0.5, 0.6) is 0 Å². The third kappa shape index (κ3) is 7.38. The van der Waals surface area contributed by atoms with E-state index in [0.717, 1.165) is 43.4 Å². The minimum Gasteiger partial charge on any atom is -0.383 e. The monoisotopic (exact) mass is 626 g/mol. The molecule has 2 N–H and O–H groups in total. The Labute approximate surface area is 264 Å². The number of aliphatic hydroxyl groups is 1. The van der Waals surface area contributed by atoms with Gasteiger partial charge in [-0.25, -0.2) is 4.79 Å². The normalized spacial score (nSPS) is 24.0. The summed E-state index contributed by atoms with van der Waals surface area (Å²) in [7, 11) is 0. The van der Waals surface area contributed by atoms with Crippen LogP contribution in [0.25, 0.3) is 0 Å². The molecule has 3 aliphatic rings. The number of hydrogen-bond donors (Lipinski definition) is 2. The van der Waals surface area contributed by atoms with Gasteiger partial charge in [0.1, 0.15) is 5.60 Å². The molecule has 0 spiro atoms. The Morgan fingerprint density at radius 1 is 1.07 bits per heavy atom. The summed E-state index contributed by atoms with van der Waals surface area (Å²) in [6, 6.07) is 14.2. The first-order chi connectivity index (χ1) is 21.4. The quantitative estimate of drug-likeness (QED) is 0.346. The number of β-amino-alcohol motifs (C(OH)–C–C–N with tert-alkyl or cyclic N) is 1. The number of piperidine rings is 1. The van der Waals surface area contributed by atoms with Crippen molar-refractivity contribution in [2.24, 2.45) is 11.8 Å². The van der Waals surface area contributed by atoms with Crippen molar-refractivity contribution >= 4 is 11.9 Å². The van der Waals surface area contributed by atoms with Gasteiger partial charge in [-0.3, -0.25) is 4.79 Å². The van der Waals surface area contributed by atoms with E-state index in [4.69, 9.17) is 0 Å². The lowest BCUT2D eigenvalue weighted by Crippen LogP contribution is -2.58. The molecule has 7 nitrogen and oxygen atoms in total. The highest BCUT2D eigenvalue weighted by atomic mass is 19.4. The fourth-order valence-corrected chi connectivity index (χ4v) is 7.32. The molecule has 2 aromatic rings. The van der Waals surface area contributed by atoms with Gasteiger partial charge in [0.2, 0.25) is 5.91 Å². The molecule has 1 saturated carbocycles. The van der Waals surface area contributed by atoms with E-state index in [9.17, 15) is 27.9 Å². The number of benzene rings is 2. The van der Waals surface area contributed by atoms with Crippen molar-refractivity contribution in [3.05, 3.63) is 83.9 Å². The lowest BCUT2D eigenvalue weighted by molar-refractivity contribution is -0.137. The van der Waals surface area contributed by atoms with Crippen LogP contribution in [0.15, 0.2) is 67.3 Å². The number of nitrogens with zero attached hydrogens (tertiary/aromatic N) is 3. The van der Waals surface area contributed by atoms with Crippen LogP contribution in [0.1, 0.15) is 62.1 Å². The molecule has 3 fully saturated rings. The van der Waals surface area contributed by atoms with E-state index in [1.54, 1.807) is 11.0 Å². The Morgan fingerprint density at radius 3 is 2.31 bits per heavy atom. The molecule has 2 saturated heterocycles. The molecule has 10 heteroatoms. The number of nitrogens with one attached hydrogen (secondary N) is 1. The number of rotatable bonds is 9. The lowest BCUT2D eigenvalue weighted by Gasteiger charge is -2.47. The van der Waals surface area contributed by atoms with Gasteiger partial charge in [0, 0.05) is 56.6 Å². The summed E-state index contributed by atoms with van der Waals surface area (Å²) in [4.78, 5) is 32.7. The molecule has 2 heterocycles. The van der Waals surface area contributed by atoms with E-state index < -0.39 is 22.9 Å². The van der Waals surface area contributed by atoms with Gasteiger partial charge in [-0.15, -0.1) is 6.58 Å². The zero-order chi connectivity index (χ0) is 32.2. The molecule has 0 radical (unpaired) electrons. The van der Waals surface area contributed by atoms with Crippen LogP contribution in [0.2, 0.25) is 0 Å². The van der Waals surface area contributed by atoms with Crippen LogP contribution in [-0.2, 0) is 23.1 Å². The van der Waals surface area contributed by atoms with Gasteiger partial charge in [-0.05, 0) is 55.9 Å². The summed E-state index contributed by atoms with van der Waals surface area (Å²) in [6.07, 6.45) is 2.70. The Hall–Kier alpha value is -3.37. The third-order valence-corrected chi connectivity index (χ3v) is 10.2. The number of amides is 3. The average molecular weight is 627 g/mol. The summed E-state index contributed by atoms with van der Waals surface area (Å²) >= 11 is 0. The molecule has 3 amide bonds. The van der Waals surface area contributed by atoms with Crippen molar-refractivity contribution in [3.63, 3.8) is 0 Å². The standard InChI is InChI=1S/C35H45F3N4O3/c1-3-19-42(32(44)39-22-26-13-15-29(16-14-26)35(36,37)38)33(2)17-20-40(21-18-33)23-30-24-41(31(43)27-9-7-8-10-27)25-34(30,45)28-11-5-4-6-12-28/h3-6,11-16,27,30,45H,1,7-10,17-25H2,2H3,(H,39,44)/t30-,34-/m0/s1. The second kappa shape index (κ2) is 13.5. The van der Waals surface area contributed by atoms with Gasteiger partial charge in [0.05, 0.1) is 12.1 Å². The van der Waals surface area contributed by atoms with Crippen LogP contribution in [0.4, 0.5) is 18.0 Å². The molecule has 2 aliphatic heterocycles. The maximum atomic E-state index is 13.4. The highest BCUT2D eigenvalue weighted by Crippen LogP contribution is 2.40. The van der Waals surface area contributed by atoms with E-state index in [1.807, 2.05) is 35.2 Å². The van der Waals surface area contributed by atoms with Crippen molar-refractivity contribution in [1.82, 2.24) is 20.0 Å². The first kappa shape index (κ1) is 33.0. The Morgan fingerprint density at radius 2 is 1.71 bits per heavy atom. The first-order valence-electron chi connectivity index (χ1n) is 16.0.